The number of benzene rings is 1. The number of para-hydroxylation sites is 1. The smallest absolute Gasteiger partial charge is 0.493 e. The molecule has 1 nitrogen and oxygen atoms in total. The zero-order valence-corrected chi connectivity index (χ0v) is 7.40. The summed E-state index contributed by atoms with van der Waals surface area (Å²) >= 11 is 0. The molecule has 0 amide bonds. The second kappa shape index (κ2) is 3.79. The Morgan fingerprint density at radius 2 is 2.09 bits per heavy atom. The molecule has 1 aromatic carbocycles. The largest absolute Gasteiger partial charge is 1.00 e. The van der Waals surface area contributed by atoms with E-state index in [1.54, 1.807) is 0 Å². The van der Waals surface area contributed by atoms with Gasteiger partial charge in [0.2, 0.25) is 0 Å². The molecule has 59 valence electrons. The van der Waals surface area contributed by atoms with E-state index in [0.717, 1.165) is 18.8 Å². The van der Waals surface area contributed by atoms with Gasteiger partial charge in [-0.2, -0.15) is 0 Å². The molecule has 0 unspecified atom stereocenters. The van der Waals surface area contributed by atoms with Gasteiger partial charge in [0.15, 0.2) is 0 Å². The van der Waals surface area contributed by atoms with Gasteiger partial charge in [0.1, 0.15) is 5.75 Å². The van der Waals surface area contributed by atoms with Crippen molar-refractivity contribution in [1.82, 2.24) is 0 Å². The topological polar surface area (TPSA) is 9.23 Å². The second-order valence-corrected chi connectivity index (χ2v) is 2.56. The predicted octanol–water partition coefficient (Wildman–Crippen LogP) is 2.12. The summed E-state index contributed by atoms with van der Waals surface area (Å²) in [6, 6.07) is 8.25. The molecule has 1 radical (unpaired) electrons. The fourth-order valence-corrected chi connectivity index (χ4v) is 1.30. The van der Waals surface area contributed by atoms with Crippen LogP contribution in [0.1, 0.15) is 13.4 Å². The minimum atomic E-state index is 0. The second-order valence-electron chi connectivity index (χ2n) is 2.56. The van der Waals surface area contributed by atoms with Crippen LogP contribution >= 0.6 is 0 Å². The van der Waals surface area contributed by atoms with E-state index < -0.39 is 0 Å². The number of hydrogen-bond donors (Lipinski definition) is 0. The number of ether oxygens (including phenoxy) is 1. The van der Waals surface area contributed by atoms with Crippen LogP contribution in [0.4, 0.5) is 0 Å². The third-order valence-electron chi connectivity index (χ3n) is 1.82. The monoisotopic (exact) mass is 190 g/mol. The van der Waals surface area contributed by atoms with Gasteiger partial charge in [-0.05, 0) is 24.5 Å². The third-order valence-corrected chi connectivity index (χ3v) is 1.82. The maximum absolute atomic E-state index is 5.42. The van der Waals surface area contributed by atoms with Gasteiger partial charge in [-0.3, -0.25) is 0 Å². The number of aryl methyl sites for hydroxylation is 1. The maximum atomic E-state index is 5.42. The molecule has 0 atom stereocenters. The first-order valence-electron chi connectivity index (χ1n) is 3.67. The van der Waals surface area contributed by atoms with Gasteiger partial charge >= 0.3 is 1.43 Å². The van der Waals surface area contributed by atoms with Gasteiger partial charge in [-0.25, -0.2) is 0 Å². The number of rotatable bonds is 0. The molecular weight excluding hydrogens is 179 g/mol. The van der Waals surface area contributed by atoms with E-state index >= 15 is 0 Å². The summed E-state index contributed by atoms with van der Waals surface area (Å²) in [6.07, 6.45) is 2.34. The first-order valence-corrected chi connectivity index (χ1v) is 3.67. The van der Waals surface area contributed by atoms with E-state index in [4.69, 9.17) is 4.74 Å². The predicted molar refractivity (Wildman–Crippen MR) is 41.4 cm³/mol. The zero-order chi connectivity index (χ0) is 6.81. The van der Waals surface area contributed by atoms with E-state index in [0.29, 0.717) is 0 Å². The quantitative estimate of drug-likeness (QED) is 0.569. The molecule has 0 N–H and O–H groups in total. The van der Waals surface area contributed by atoms with Crippen molar-refractivity contribution in [3.05, 3.63) is 29.8 Å². The van der Waals surface area contributed by atoms with Crippen LogP contribution in [0, 0.1) is 0 Å². The summed E-state index contributed by atoms with van der Waals surface area (Å²) in [5.74, 6) is 1.08. The van der Waals surface area contributed by atoms with Crippen molar-refractivity contribution in [2.75, 3.05) is 6.61 Å². The fourth-order valence-electron chi connectivity index (χ4n) is 1.30. The van der Waals surface area contributed by atoms with Gasteiger partial charge in [0.05, 0.1) is 6.61 Å². The van der Waals surface area contributed by atoms with Crippen molar-refractivity contribution in [2.45, 2.75) is 12.8 Å². The van der Waals surface area contributed by atoms with Gasteiger partial charge in [-0.15, -0.1) is 0 Å². The van der Waals surface area contributed by atoms with Gasteiger partial charge < -0.3 is 4.74 Å². The molecule has 1 aliphatic rings. The maximum Gasteiger partial charge on any atom is 1.00 e. The Morgan fingerprint density at radius 1 is 1.27 bits per heavy atom. The Morgan fingerprint density at radius 3 is 2.91 bits per heavy atom. The molecule has 1 heterocycles. The van der Waals surface area contributed by atoms with E-state index in [1.807, 2.05) is 12.1 Å². The standard InChI is InChI=1S/C9H10O.Mn/c1-2-6-9-8(4-1)5-3-7-10-9;/h1-2,4,6H,3,5,7H2;/p+1. The van der Waals surface area contributed by atoms with E-state index in [2.05, 4.69) is 12.1 Å². The summed E-state index contributed by atoms with van der Waals surface area (Å²) in [5.41, 5.74) is 1.36. The first-order chi connectivity index (χ1) is 4.97. The van der Waals surface area contributed by atoms with Gasteiger partial charge in [0.25, 0.3) is 0 Å². The van der Waals surface area contributed by atoms with Crippen LogP contribution in [0.2, 0.25) is 0 Å². The minimum Gasteiger partial charge on any atom is -0.493 e. The van der Waals surface area contributed by atoms with Crippen molar-refractivity contribution in [3.8, 4) is 5.75 Å². The molecule has 11 heavy (non-hydrogen) atoms. The summed E-state index contributed by atoms with van der Waals surface area (Å²) < 4.78 is 5.42. The Hall–Kier alpha value is -0.461. The van der Waals surface area contributed by atoms with Crippen LogP contribution in [-0.4, -0.2) is 6.61 Å². The van der Waals surface area contributed by atoms with Crippen LogP contribution in [0.5, 0.6) is 5.75 Å². The molecule has 1 aromatic rings. The van der Waals surface area contributed by atoms with E-state index in [1.165, 1.54) is 12.0 Å². The van der Waals surface area contributed by atoms with E-state index in [-0.39, 0.29) is 18.5 Å². The van der Waals surface area contributed by atoms with Crippen molar-refractivity contribution in [3.63, 3.8) is 0 Å². The van der Waals surface area contributed by atoms with E-state index in [9.17, 15) is 0 Å². The average molecular weight is 190 g/mol. The minimum absolute atomic E-state index is 0. The Kier molecular flexibility index (Phi) is 2.98. The van der Waals surface area contributed by atoms with Gasteiger partial charge in [0, 0.05) is 17.1 Å². The molecule has 0 saturated carbocycles. The number of fused-ring (bicyclic) bond motifs is 1. The molecule has 0 bridgehead atoms. The van der Waals surface area contributed by atoms with Crippen LogP contribution in [0.3, 0.4) is 0 Å². The molecule has 0 aromatic heterocycles. The van der Waals surface area contributed by atoms with Crippen LogP contribution in [-0.2, 0) is 23.5 Å². The van der Waals surface area contributed by atoms with Crippen molar-refractivity contribution in [2.24, 2.45) is 0 Å². The number of hydrogen-bond acceptors (Lipinski definition) is 1. The van der Waals surface area contributed by atoms with Crippen molar-refractivity contribution < 1.29 is 23.2 Å². The molecule has 0 aliphatic carbocycles. The Bertz CT molecular complexity index is 215. The fraction of sp³-hybridized carbons (Fsp3) is 0.333. The molecule has 2 heteroatoms. The Labute approximate surface area is 78.7 Å². The molecule has 0 saturated heterocycles. The van der Waals surface area contributed by atoms with Gasteiger partial charge in [-0.1, -0.05) is 18.2 Å². The molecule has 1 aliphatic heterocycles. The summed E-state index contributed by atoms with van der Waals surface area (Å²) in [4.78, 5) is 0. The summed E-state index contributed by atoms with van der Waals surface area (Å²) in [7, 11) is 0. The summed E-state index contributed by atoms with van der Waals surface area (Å²) in [6.45, 7) is 0.886. The third kappa shape index (κ3) is 1.76. The van der Waals surface area contributed by atoms with Crippen molar-refractivity contribution in [1.29, 1.82) is 0 Å². The average Bonchev–Trinajstić information content (AvgIpc) is 2.05. The molecule has 0 spiro atoms. The zero-order valence-electron chi connectivity index (χ0n) is 7.22. The molecule has 2 rings (SSSR count). The Balaban J connectivity index is 0.000000605. The first kappa shape index (κ1) is 8.63. The van der Waals surface area contributed by atoms with Crippen LogP contribution in [0.25, 0.3) is 0 Å². The van der Waals surface area contributed by atoms with Crippen LogP contribution < -0.4 is 4.74 Å². The van der Waals surface area contributed by atoms with Crippen LogP contribution in [0.15, 0.2) is 24.3 Å². The molecule has 0 fully saturated rings. The SMILES string of the molecule is [H+].[Mn].c1ccc2c(c1)CCCO2. The summed E-state index contributed by atoms with van der Waals surface area (Å²) in [5, 5.41) is 0. The van der Waals surface area contributed by atoms with Crippen molar-refractivity contribution >= 4 is 0 Å². The molecular formula is C9H11MnO+. The normalized spacial score (nSPS) is 14.2.